The third-order valence-corrected chi connectivity index (χ3v) is 3.91. The van der Waals surface area contributed by atoms with Crippen molar-refractivity contribution >= 4 is 0 Å². The van der Waals surface area contributed by atoms with Crippen LogP contribution in [-0.2, 0) is 0 Å². The maximum atomic E-state index is 5.79. The van der Waals surface area contributed by atoms with Gasteiger partial charge in [0.05, 0.1) is 7.11 Å². The second kappa shape index (κ2) is 3.74. The zero-order valence-corrected chi connectivity index (χ0v) is 10.4. The molecule has 1 aromatic rings. The lowest BCUT2D eigenvalue weighted by atomic mass is 10.0. The third kappa shape index (κ3) is 1.59. The first-order chi connectivity index (χ1) is 7.52. The minimum atomic E-state index is 0.317. The molecule has 0 amide bonds. The lowest BCUT2D eigenvalue weighted by Crippen LogP contribution is -2.05. The summed E-state index contributed by atoms with van der Waals surface area (Å²) in [6.07, 6.45) is 1.92. The summed E-state index contributed by atoms with van der Waals surface area (Å²) in [5, 5.41) is 0. The molecule has 1 heterocycles. The predicted octanol–water partition coefficient (Wildman–Crippen LogP) is 2.10. The molecule has 0 aliphatic heterocycles. The van der Waals surface area contributed by atoms with E-state index in [-0.39, 0.29) is 0 Å². The summed E-state index contributed by atoms with van der Waals surface area (Å²) in [6.45, 7) is 7.33. The molecule has 1 aromatic heterocycles. The van der Waals surface area contributed by atoms with E-state index >= 15 is 0 Å². The molecular formula is C13H20N2O. The van der Waals surface area contributed by atoms with E-state index in [1.54, 1.807) is 7.11 Å². The summed E-state index contributed by atoms with van der Waals surface area (Å²) in [4.78, 5) is 4.33. The van der Waals surface area contributed by atoms with Crippen molar-refractivity contribution in [3.05, 3.63) is 23.4 Å². The van der Waals surface area contributed by atoms with Crippen molar-refractivity contribution in [2.75, 3.05) is 13.7 Å². The summed E-state index contributed by atoms with van der Waals surface area (Å²) in [5.41, 5.74) is 8.49. The summed E-state index contributed by atoms with van der Waals surface area (Å²) in [6, 6.07) is 2.17. The minimum Gasteiger partial charge on any atom is -0.481 e. The van der Waals surface area contributed by atoms with E-state index in [1.807, 2.05) is 13.1 Å². The highest BCUT2D eigenvalue weighted by Gasteiger charge is 2.57. The molecule has 1 saturated carbocycles. The van der Waals surface area contributed by atoms with Gasteiger partial charge in [0.25, 0.3) is 0 Å². The van der Waals surface area contributed by atoms with Crippen LogP contribution in [0.5, 0.6) is 5.88 Å². The molecule has 2 N–H and O–H groups in total. The number of nitrogens with two attached hydrogens (primary N) is 1. The Morgan fingerprint density at radius 1 is 1.50 bits per heavy atom. The van der Waals surface area contributed by atoms with Gasteiger partial charge in [0.1, 0.15) is 0 Å². The van der Waals surface area contributed by atoms with Gasteiger partial charge in [-0.15, -0.1) is 0 Å². The van der Waals surface area contributed by atoms with E-state index in [9.17, 15) is 0 Å². The Morgan fingerprint density at radius 3 is 2.62 bits per heavy atom. The highest BCUT2D eigenvalue weighted by molar-refractivity contribution is 5.36. The fourth-order valence-electron chi connectivity index (χ4n) is 2.81. The molecule has 1 aliphatic carbocycles. The van der Waals surface area contributed by atoms with Gasteiger partial charge in [0.2, 0.25) is 5.88 Å². The molecule has 0 saturated heterocycles. The van der Waals surface area contributed by atoms with Gasteiger partial charge >= 0.3 is 0 Å². The Bertz CT molecular complexity index is 401. The average molecular weight is 220 g/mol. The van der Waals surface area contributed by atoms with Crippen molar-refractivity contribution in [1.82, 2.24) is 4.98 Å². The Morgan fingerprint density at radius 2 is 2.19 bits per heavy atom. The molecule has 2 atom stereocenters. The Balaban J connectivity index is 2.27. The van der Waals surface area contributed by atoms with Gasteiger partial charge in [0.15, 0.2) is 0 Å². The van der Waals surface area contributed by atoms with Crippen molar-refractivity contribution in [3.8, 4) is 5.88 Å². The molecule has 1 aliphatic rings. The van der Waals surface area contributed by atoms with E-state index in [0.717, 1.165) is 12.1 Å². The number of nitrogens with zero attached hydrogens (tertiary/aromatic N) is 1. The van der Waals surface area contributed by atoms with E-state index in [4.69, 9.17) is 10.5 Å². The van der Waals surface area contributed by atoms with Crippen LogP contribution in [-0.4, -0.2) is 18.6 Å². The summed E-state index contributed by atoms with van der Waals surface area (Å²) in [5.74, 6) is 1.85. The number of methoxy groups -OCH3 is 1. The first kappa shape index (κ1) is 11.4. The average Bonchev–Trinajstić information content (AvgIpc) is 2.80. The van der Waals surface area contributed by atoms with Crippen LogP contribution in [0.15, 0.2) is 12.3 Å². The van der Waals surface area contributed by atoms with E-state index in [1.165, 1.54) is 5.56 Å². The second-order valence-electron chi connectivity index (χ2n) is 5.24. The Hall–Kier alpha value is -1.09. The molecule has 88 valence electrons. The summed E-state index contributed by atoms with van der Waals surface area (Å²) >= 11 is 0. The zero-order chi connectivity index (χ0) is 11.9. The number of hydrogen-bond donors (Lipinski definition) is 1. The molecule has 3 nitrogen and oxygen atoms in total. The second-order valence-corrected chi connectivity index (χ2v) is 5.24. The molecule has 1 fully saturated rings. The van der Waals surface area contributed by atoms with Crippen LogP contribution >= 0.6 is 0 Å². The lowest BCUT2D eigenvalue weighted by Gasteiger charge is -2.07. The van der Waals surface area contributed by atoms with E-state index in [2.05, 4.69) is 24.9 Å². The Labute approximate surface area is 97.0 Å². The van der Waals surface area contributed by atoms with Crippen LogP contribution in [0.4, 0.5) is 0 Å². The molecule has 0 radical (unpaired) electrons. The maximum Gasteiger partial charge on any atom is 0.215 e. The Kier molecular flexibility index (Phi) is 2.66. The number of pyridine rings is 1. The number of aromatic nitrogens is 1. The smallest absolute Gasteiger partial charge is 0.215 e. The van der Waals surface area contributed by atoms with Crippen LogP contribution in [0.1, 0.15) is 30.9 Å². The molecular weight excluding hydrogens is 200 g/mol. The van der Waals surface area contributed by atoms with Gasteiger partial charge in [-0.05, 0) is 42.3 Å². The van der Waals surface area contributed by atoms with Crippen LogP contribution < -0.4 is 10.5 Å². The number of ether oxygens (including phenoxy) is 1. The van der Waals surface area contributed by atoms with Gasteiger partial charge < -0.3 is 10.5 Å². The van der Waals surface area contributed by atoms with Gasteiger partial charge in [-0.3, -0.25) is 0 Å². The van der Waals surface area contributed by atoms with E-state index in [0.29, 0.717) is 23.1 Å². The number of hydrogen-bond acceptors (Lipinski definition) is 3. The third-order valence-electron chi connectivity index (χ3n) is 3.91. The van der Waals surface area contributed by atoms with Crippen molar-refractivity contribution in [2.45, 2.75) is 26.7 Å². The standard InChI is InChI=1S/C13H20N2O/c1-8-5-9(7-15-12(8)16-4)11-10(6-14)13(11,2)3/h5,7,10-11H,6,14H2,1-4H3/t10-,11-/m1/s1. The minimum absolute atomic E-state index is 0.317. The van der Waals surface area contributed by atoms with Crippen LogP contribution in [0.25, 0.3) is 0 Å². The van der Waals surface area contributed by atoms with Crippen LogP contribution in [0, 0.1) is 18.3 Å². The van der Waals surface area contributed by atoms with Crippen molar-refractivity contribution in [2.24, 2.45) is 17.1 Å². The molecule has 0 unspecified atom stereocenters. The van der Waals surface area contributed by atoms with Gasteiger partial charge in [-0.1, -0.05) is 13.8 Å². The molecule has 16 heavy (non-hydrogen) atoms. The van der Waals surface area contributed by atoms with Crippen molar-refractivity contribution in [3.63, 3.8) is 0 Å². The molecule has 3 heteroatoms. The first-order valence-corrected chi connectivity index (χ1v) is 5.73. The van der Waals surface area contributed by atoms with Crippen molar-refractivity contribution in [1.29, 1.82) is 0 Å². The van der Waals surface area contributed by atoms with Crippen LogP contribution in [0.2, 0.25) is 0 Å². The zero-order valence-electron chi connectivity index (χ0n) is 10.4. The molecule has 0 bridgehead atoms. The van der Waals surface area contributed by atoms with E-state index < -0.39 is 0 Å². The summed E-state index contributed by atoms with van der Waals surface area (Å²) < 4.78 is 5.17. The topological polar surface area (TPSA) is 48.1 Å². The predicted molar refractivity (Wildman–Crippen MR) is 64.6 cm³/mol. The first-order valence-electron chi connectivity index (χ1n) is 5.73. The monoisotopic (exact) mass is 220 g/mol. The maximum absolute atomic E-state index is 5.79. The highest BCUT2D eigenvalue weighted by atomic mass is 16.5. The number of rotatable bonds is 3. The van der Waals surface area contributed by atoms with Gasteiger partial charge in [-0.25, -0.2) is 4.98 Å². The van der Waals surface area contributed by atoms with Gasteiger partial charge in [-0.2, -0.15) is 0 Å². The SMILES string of the molecule is COc1ncc([C@@H]2[C@@H](CN)C2(C)C)cc1C. The molecule has 2 rings (SSSR count). The molecule has 0 aromatic carbocycles. The van der Waals surface area contributed by atoms with Gasteiger partial charge in [0, 0.05) is 11.8 Å². The lowest BCUT2D eigenvalue weighted by molar-refractivity contribution is 0.394. The summed E-state index contributed by atoms with van der Waals surface area (Å²) in [7, 11) is 1.65. The number of aryl methyl sites for hydroxylation is 1. The fourth-order valence-corrected chi connectivity index (χ4v) is 2.81. The van der Waals surface area contributed by atoms with Crippen molar-refractivity contribution < 1.29 is 4.74 Å². The highest BCUT2D eigenvalue weighted by Crippen LogP contribution is 2.63. The van der Waals surface area contributed by atoms with Crippen LogP contribution in [0.3, 0.4) is 0 Å². The normalized spacial score (nSPS) is 26.6. The largest absolute Gasteiger partial charge is 0.481 e. The quantitative estimate of drug-likeness (QED) is 0.848. The fraction of sp³-hybridized carbons (Fsp3) is 0.615. The molecule has 0 spiro atoms.